The smallest absolute Gasteiger partial charge is 0.121 e. The predicted molar refractivity (Wildman–Crippen MR) is 88.5 cm³/mol. The van der Waals surface area contributed by atoms with Gasteiger partial charge in [0.15, 0.2) is 0 Å². The third kappa shape index (κ3) is 6.69. The van der Waals surface area contributed by atoms with Crippen molar-refractivity contribution in [1.82, 2.24) is 0 Å². The molecule has 0 aliphatic rings. The van der Waals surface area contributed by atoms with Gasteiger partial charge in [0.25, 0.3) is 0 Å². The number of unbranched alkanes of at least 4 members (excludes halogenated alkanes) is 7. The van der Waals surface area contributed by atoms with E-state index in [1.165, 1.54) is 51.4 Å². The summed E-state index contributed by atoms with van der Waals surface area (Å²) in [5.41, 5.74) is 7.73. The second kappa shape index (κ2) is 10.4. The van der Waals surface area contributed by atoms with Gasteiger partial charge in [0.1, 0.15) is 5.75 Å². The van der Waals surface area contributed by atoms with Gasteiger partial charge in [-0.3, -0.25) is 0 Å². The standard InChI is InChI=1S/C17H30N2O/c1-3-4-5-6-7-8-9-10-13-19-17-12-11-15(20-2)14-16(17)18/h11-12,14,19H,3-10,13,18H2,1-2H3. The molecule has 0 aromatic heterocycles. The molecule has 20 heavy (non-hydrogen) atoms. The molecule has 0 saturated carbocycles. The molecule has 0 heterocycles. The van der Waals surface area contributed by atoms with E-state index in [4.69, 9.17) is 10.5 Å². The predicted octanol–water partition coefficient (Wildman–Crippen LogP) is 4.83. The number of nitrogen functional groups attached to an aromatic ring is 1. The van der Waals surface area contributed by atoms with E-state index in [1.807, 2.05) is 18.2 Å². The third-order valence-electron chi connectivity index (χ3n) is 3.60. The minimum Gasteiger partial charge on any atom is -0.497 e. The van der Waals surface area contributed by atoms with E-state index in [9.17, 15) is 0 Å². The van der Waals surface area contributed by atoms with Crippen LogP contribution in [0.1, 0.15) is 58.3 Å². The van der Waals surface area contributed by atoms with E-state index in [0.717, 1.165) is 23.7 Å². The Balaban J connectivity index is 2.06. The highest BCUT2D eigenvalue weighted by Crippen LogP contribution is 2.24. The Labute approximate surface area is 123 Å². The highest BCUT2D eigenvalue weighted by Gasteiger charge is 2.00. The number of anilines is 2. The summed E-state index contributed by atoms with van der Waals surface area (Å²) in [6, 6.07) is 5.78. The molecule has 1 aromatic carbocycles. The maximum atomic E-state index is 5.96. The number of methoxy groups -OCH3 is 1. The first-order chi connectivity index (χ1) is 9.77. The van der Waals surface area contributed by atoms with Crippen LogP contribution in [0.25, 0.3) is 0 Å². The number of rotatable bonds is 11. The highest BCUT2D eigenvalue weighted by molar-refractivity contribution is 5.68. The van der Waals surface area contributed by atoms with Crippen molar-refractivity contribution in [3.8, 4) is 5.75 Å². The first kappa shape index (κ1) is 16.7. The first-order valence-electron chi connectivity index (χ1n) is 7.95. The van der Waals surface area contributed by atoms with Crippen molar-refractivity contribution >= 4 is 11.4 Å². The molecule has 0 fully saturated rings. The molecule has 0 aliphatic heterocycles. The lowest BCUT2D eigenvalue weighted by atomic mass is 10.1. The fourth-order valence-corrected chi connectivity index (χ4v) is 2.31. The van der Waals surface area contributed by atoms with Crippen molar-refractivity contribution in [2.75, 3.05) is 24.7 Å². The number of hydrogen-bond acceptors (Lipinski definition) is 3. The van der Waals surface area contributed by atoms with Crippen LogP contribution in [0.5, 0.6) is 5.75 Å². The zero-order chi connectivity index (χ0) is 14.6. The molecular weight excluding hydrogens is 248 g/mol. The summed E-state index contributed by atoms with van der Waals surface area (Å²) in [5, 5.41) is 3.39. The topological polar surface area (TPSA) is 47.3 Å². The minimum atomic E-state index is 0.754. The van der Waals surface area contributed by atoms with Gasteiger partial charge < -0.3 is 15.8 Å². The molecule has 1 rings (SSSR count). The average Bonchev–Trinajstić information content (AvgIpc) is 2.47. The first-order valence-corrected chi connectivity index (χ1v) is 7.95. The van der Waals surface area contributed by atoms with Crippen molar-refractivity contribution in [3.63, 3.8) is 0 Å². The fraction of sp³-hybridized carbons (Fsp3) is 0.647. The molecule has 0 unspecified atom stereocenters. The Hall–Kier alpha value is -1.38. The molecular formula is C17H30N2O. The van der Waals surface area contributed by atoms with Crippen LogP contribution < -0.4 is 15.8 Å². The maximum Gasteiger partial charge on any atom is 0.121 e. The van der Waals surface area contributed by atoms with Crippen molar-refractivity contribution in [2.45, 2.75) is 58.3 Å². The van der Waals surface area contributed by atoms with Crippen molar-refractivity contribution in [2.24, 2.45) is 0 Å². The molecule has 3 heteroatoms. The van der Waals surface area contributed by atoms with Gasteiger partial charge in [-0.15, -0.1) is 0 Å². The summed E-state index contributed by atoms with van der Waals surface area (Å²) in [5.74, 6) is 0.806. The van der Waals surface area contributed by atoms with Crippen LogP contribution in [0.4, 0.5) is 11.4 Å². The summed E-state index contributed by atoms with van der Waals surface area (Å²) in [6.45, 7) is 3.25. The van der Waals surface area contributed by atoms with Gasteiger partial charge >= 0.3 is 0 Å². The summed E-state index contributed by atoms with van der Waals surface area (Å²) in [6.07, 6.45) is 10.7. The van der Waals surface area contributed by atoms with Gasteiger partial charge in [-0.1, -0.05) is 51.9 Å². The monoisotopic (exact) mass is 278 g/mol. The second-order valence-corrected chi connectivity index (χ2v) is 5.35. The number of nitrogens with one attached hydrogen (secondary N) is 1. The van der Waals surface area contributed by atoms with Crippen molar-refractivity contribution < 1.29 is 4.74 Å². The maximum absolute atomic E-state index is 5.96. The molecule has 3 N–H and O–H groups in total. The van der Waals surface area contributed by atoms with E-state index < -0.39 is 0 Å². The molecule has 0 amide bonds. The van der Waals surface area contributed by atoms with Crippen LogP contribution in [0.3, 0.4) is 0 Å². The van der Waals surface area contributed by atoms with Crippen LogP contribution in [0, 0.1) is 0 Å². The lowest BCUT2D eigenvalue weighted by molar-refractivity contribution is 0.415. The molecule has 0 bridgehead atoms. The molecule has 0 radical (unpaired) electrons. The fourth-order valence-electron chi connectivity index (χ4n) is 2.31. The summed E-state index contributed by atoms with van der Waals surface area (Å²) >= 11 is 0. The average molecular weight is 278 g/mol. The number of benzene rings is 1. The third-order valence-corrected chi connectivity index (χ3v) is 3.60. The molecule has 0 atom stereocenters. The van der Waals surface area contributed by atoms with Gasteiger partial charge in [-0.2, -0.15) is 0 Å². The molecule has 3 nitrogen and oxygen atoms in total. The SMILES string of the molecule is CCCCCCCCCCNc1ccc(OC)cc1N. The van der Waals surface area contributed by atoms with E-state index in [1.54, 1.807) is 7.11 Å². The number of nitrogens with two attached hydrogens (primary N) is 1. The van der Waals surface area contributed by atoms with Crippen LogP contribution in [0.2, 0.25) is 0 Å². The van der Waals surface area contributed by atoms with E-state index in [-0.39, 0.29) is 0 Å². The minimum absolute atomic E-state index is 0.754. The molecule has 114 valence electrons. The molecule has 1 aromatic rings. The second-order valence-electron chi connectivity index (χ2n) is 5.35. The Morgan fingerprint density at radius 1 is 1.00 bits per heavy atom. The van der Waals surface area contributed by atoms with Gasteiger partial charge in [-0.05, 0) is 18.6 Å². The lowest BCUT2D eigenvalue weighted by Crippen LogP contribution is -2.04. The molecule has 0 saturated heterocycles. The Bertz CT molecular complexity index is 366. The van der Waals surface area contributed by atoms with Gasteiger partial charge in [0.2, 0.25) is 0 Å². The largest absolute Gasteiger partial charge is 0.497 e. The quantitative estimate of drug-likeness (QED) is 0.450. The van der Waals surface area contributed by atoms with E-state index >= 15 is 0 Å². The van der Waals surface area contributed by atoms with E-state index in [2.05, 4.69) is 12.2 Å². The number of hydrogen-bond donors (Lipinski definition) is 2. The van der Waals surface area contributed by atoms with Crippen LogP contribution in [0.15, 0.2) is 18.2 Å². The number of ether oxygens (including phenoxy) is 1. The summed E-state index contributed by atoms with van der Waals surface area (Å²) in [7, 11) is 1.66. The van der Waals surface area contributed by atoms with Gasteiger partial charge in [0, 0.05) is 12.6 Å². The summed E-state index contributed by atoms with van der Waals surface area (Å²) in [4.78, 5) is 0. The van der Waals surface area contributed by atoms with E-state index in [0.29, 0.717) is 0 Å². The van der Waals surface area contributed by atoms with Crippen LogP contribution in [-0.2, 0) is 0 Å². The Kier molecular flexibility index (Phi) is 8.68. The molecule has 0 aliphatic carbocycles. The zero-order valence-corrected chi connectivity index (χ0v) is 13.1. The molecule has 0 spiro atoms. The Morgan fingerprint density at radius 2 is 1.65 bits per heavy atom. The highest BCUT2D eigenvalue weighted by atomic mass is 16.5. The van der Waals surface area contributed by atoms with Gasteiger partial charge in [-0.25, -0.2) is 0 Å². The van der Waals surface area contributed by atoms with Crippen LogP contribution in [-0.4, -0.2) is 13.7 Å². The Morgan fingerprint density at radius 3 is 2.25 bits per heavy atom. The lowest BCUT2D eigenvalue weighted by Gasteiger charge is -2.10. The van der Waals surface area contributed by atoms with Gasteiger partial charge in [0.05, 0.1) is 18.5 Å². The van der Waals surface area contributed by atoms with Crippen LogP contribution >= 0.6 is 0 Å². The zero-order valence-electron chi connectivity index (χ0n) is 13.1. The normalized spacial score (nSPS) is 10.5. The van der Waals surface area contributed by atoms with Crippen molar-refractivity contribution in [3.05, 3.63) is 18.2 Å². The van der Waals surface area contributed by atoms with Crippen molar-refractivity contribution in [1.29, 1.82) is 0 Å². The summed E-state index contributed by atoms with van der Waals surface area (Å²) < 4.78 is 5.14.